The van der Waals surface area contributed by atoms with Crippen LogP contribution < -0.4 is 5.32 Å². The molecule has 4 nitrogen and oxygen atoms in total. The van der Waals surface area contributed by atoms with Gasteiger partial charge in [-0.25, -0.2) is 0 Å². The van der Waals surface area contributed by atoms with Crippen LogP contribution in [0.1, 0.15) is 65.6 Å². The van der Waals surface area contributed by atoms with Gasteiger partial charge in [-0.1, -0.05) is 46.2 Å². The second kappa shape index (κ2) is 7.63. The summed E-state index contributed by atoms with van der Waals surface area (Å²) in [5.41, 5.74) is 0.188. The molecule has 1 N–H and O–H groups in total. The van der Waals surface area contributed by atoms with Gasteiger partial charge in [0, 0.05) is 18.9 Å². The van der Waals surface area contributed by atoms with E-state index in [0.29, 0.717) is 6.04 Å². The number of aromatic nitrogens is 2. The van der Waals surface area contributed by atoms with E-state index in [-0.39, 0.29) is 5.41 Å². The fraction of sp³-hybridized carbons (Fsp3) is 0.867. The lowest BCUT2D eigenvalue weighted by Gasteiger charge is -2.30. The molecule has 0 aliphatic heterocycles. The highest BCUT2D eigenvalue weighted by molar-refractivity contribution is 4.93. The van der Waals surface area contributed by atoms with E-state index in [1.165, 1.54) is 0 Å². The maximum Gasteiger partial charge on any atom is 0.228 e. The standard InChI is InChI=1S/C15H29N3O/c1-6-8-9-13-17-14(19-18-13)11-12(15(3,4)5)16-10-7-2/h12,16H,6-11H2,1-5H3. The van der Waals surface area contributed by atoms with Crippen molar-refractivity contribution in [1.82, 2.24) is 15.5 Å². The highest BCUT2D eigenvalue weighted by Crippen LogP contribution is 2.22. The number of nitrogens with zero attached hydrogens (tertiary/aromatic N) is 2. The van der Waals surface area contributed by atoms with Crippen LogP contribution in [-0.4, -0.2) is 22.7 Å². The predicted molar refractivity (Wildman–Crippen MR) is 78.2 cm³/mol. The molecule has 0 amide bonds. The first-order chi connectivity index (χ1) is 8.97. The minimum Gasteiger partial charge on any atom is -0.339 e. The third kappa shape index (κ3) is 5.72. The van der Waals surface area contributed by atoms with Crippen molar-refractivity contribution in [2.75, 3.05) is 6.54 Å². The molecule has 1 rings (SSSR count). The molecular weight excluding hydrogens is 238 g/mol. The average molecular weight is 267 g/mol. The number of aryl methyl sites for hydroxylation is 1. The number of nitrogens with one attached hydrogen (secondary N) is 1. The van der Waals surface area contributed by atoms with Crippen molar-refractivity contribution in [3.8, 4) is 0 Å². The van der Waals surface area contributed by atoms with Gasteiger partial charge in [0.25, 0.3) is 0 Å². The van der Waals surface area contributed by atoms with Crippen LogP contribution in [0.3, 0.4) is 0 Å². The lowest BCUT2D eigenvalue weighted by atomic mass is 9.84. The van der Waals surface area contributed by atoms with Crippen LogP contribution in [0.15, 0.2) is 4.52 Å². The summed E-state index contributed by atoms with van der Waals surface area (Å²) in [6, 6.07) is 0.368. The Kier molecular flexibility index (Phi) is 6.49. The minimum atomic E-state index is 0.188. The van der Waals surface area contributed by atoms with Gasteiger partial charge in [0.2, 0.25) is 5.89 Å². The predicted octanol–water partition coefficient (Wildman–Crippen LogP) is 3.37. The molecule has 0 saturated carbocycles. The van der Waals surface area contributed by atoms with Gasteiger partial charge in [-0.15, -0.1) is 0 Å². The van der Waals surface area contributed by atoms with Gasteiger partial charge in [0.15, 0.2) is 5.82 Å². The van der Waals surface area contributed by atoms with Crippen molar-refractivity contribution in [1.29, 1.82) is 0 Å². The van der Waals surface area contributed by atoms with Crippen LogP contribution in [0.2, 0.25) is 0 Å². The summed E-state index contributed by atoms with van der Waals surface area (Å²) in [7, 11) is 0. The van der Waals surface area contributed by atoms with Crippen molar-refractivity contribution in [2.45, 2.75) is 72.8 Å². The van der Waals surface area contributed by atoms with Crippen LogP contribution in [-0.2, 0) is 12.8 Å². The maximum absolute atomic E-state index is 5.37. The monoisotopic (exact) mass is 267 g/mol. The van der Waals surface area contributed by atoms with Gasteiger partial charge < -0.3 is 9.84 Å². The lowest BCUT2D eigenvalue weighted by molar-refractivity contribution is 0.244. The summed E-state index contributed by atoms with van der Waals surface area (Å²) in [6.07, 6.45) is 5.14. The molecule has 0 saturated heterocycles. The molecule has 1 unspecified atom stereocenters. The van der Waals surface area contributed by atoms with E-state index in [4.69, 9.17) is 4.52 Å². The van der Waals surface area contributed by atoms with E-state index < -0.39 is 0 Å². The van der Waals surface area contributed by atoms with Crippen molar-refractivity contribution in [2.24, 2.45) is 5.41 Å². The maximum atomic E-state index is 5.37. The smallest absolute Gasteiger partial charge is 0.228 e. The fourth-order valence-electron chi connectivity index (χ4n) is 1.99. The first-order valence-corrected chi connectivity index (χ1v) is 7.52. The van der Waals surface area contributed by atoms with Gasteiger partial charge in [-0.2, -0.15) is 4.98 Å². The van der Waals surface area contributed by atoms with Crippen LogP contribution in [0.5, 0.6) is 0 Å². The molecule has 1 aromatic heterocycles. The largest absolute Gasteiger partial charge is 0.339 e. The molecule has 0 fully saturated rings. The summed E-state index contributed by atoms with van der Waals surface area (Å²) in [6.45, 7) is 12.1. The Morgan fingerprint density at radius 3 is 2.53 bits per heavy atom. The molecule has 4 heteroatoms. The normalized spacial score (nSPS) is 13.7. The van der Waals surface area contributed by atoms with Crippen molar-refractivity contribution < 1.29 is 4.52 Å². The molecule has 0 radical (unpaired) electrons. The van der Waals surface area contributed by atoms with Crippen LogP contribution >= 0.6 is 0 Å². The van der Waals surface area contributed by atoms with Crippen LogP contribution in [0.25, 0.3) is 0 Å². The molecule has 0 aliphatic rings. The third-order valence-electron chi connectivity index (χ3n) is 3.33. The second-order valence-corrected chi connectivity index (χ2v) is 6.28. The quantitative estimate of drug-likeness (QED) is 0.784. The van der Waals surface area contributed by atoms with E-state index in [9.17, 15) is 0 Å². The zero-order valence-electron chi connectivity index (χ0n) is 13.1. The number of hydrogen-bond donors (Lipinski definition) is 1. The molecule has 19 heavy (non-hydrogen) atoms. The molecule has 1 heterocycles. The molecule has 0 aromatic carbocycles. The lowest BCUT2D eigenvalue weighted by Crippen LogP contribution is -2.42. The van der Waals surface area contributed by atoms with Gasteiger partial charge in [-0.05, 0) is 24.8 Å². The number of unbranched alkanes of at least 4 members (excludes halogenated alkanes) is 1. The van der Waals surface area contributed by atoms with Crippen molar-refractivity contribution >= 4 is 0 Å². The Labute approximate surface area is 117 Å². The Morgan fingerprint density at radius 1 is 1.21 bits per heavy atom. The summed E-state index contributed by atoms with van der Waals surface area (Å²) in [5, 5.41) is 7.64. The highest BCUT2D eigenvalue weighted by atomic mass is 16.5. The van der Waals surface area contributed by atoms with E-state index in [1.807, 2.05) is 0 Å². The third-order valence-corrected chi connectivity index (χ3v) is 3.33. The van der Waals surface area contributed by atoms with E-state index in [0.717, 1.165) is 50.4 Å². The molecule has 110 valence electrons. The van der Waals surface area contributed by atoms with E-state index >= 15 is 0 Å². The molecule has 0 aliphatic carbocycles. The Balaban J connectivity index is 2.60. The SMILES string of the molecule is CCCCc1noc(CC(NCCC)C(C)(C)C)n1. The summed E-state index contributed by atoms with van der Waals surface area (Å²) in [4.78, 5) is 4.49. The van der Waals surface area contributed by atoms with Gasteiger partial charge >= 0.3 is 0 Å². The summed E-state index contributed by atoms with van der Waals surface area (Å²) < 4.78 is 5.37. The van der Waals surface area contributed by atoms with Gasteiger partial charge in [-0.3, -0.25) is 0 Å². The van der Waals surface area contributed by atoms with Gasteiger partial charge in [0.1, 0.15) is 0 Å². The molecular formula is C15H29N3O. The molecule has 0 spiro atoms. The Morgan fingerprint density at radius 2 is 1.95 bits per heavy atom. The highest BCUT2D eigenvalue weighted by Gasteiger charge is 2.26. The second-order valence-electron chi connectivity index (χ2n) is 6.28. The first kappa shape index (κ1) is 16.2. The molecule has 1 atom stereocenters. The van der Waals surface area contributed by atoms with Crippen molar-refractivity contribution in [3.05, 3.63) is 11.7 Å². The van der Waals surface area contributed by atoms with E-state index in [1.54, 1.807) is 0 Å². The summed E-state index contributed by atoms with van der Waals surface area (Å²) in [5.74, 6) is 1.61. The number of rotatable bonds is 8. The minimum absolute atomic E-state index is 0.188. The molecule has 0 bridgehead atoms. The molecule has 1 aromatic rings. The zero-order chi connectivity index (χ0) is 14.3. The fourth-order valence-corrected chi connectivity index (χ4v) is 1.99. The first-order valence-electron chi connectivity index (χ1n) is 7.52. The van der Waals surface area contributed by atoms with Crippen molar-refractivity contribution in [3.63, 3.8) is 0 Å². The average Bonchev–Trinajstić information content (AvgIpc) is 2.78. The van der Waals surface area contributed by atoms with Gasteiger partial charge in [0.05, 0.1) is 0 Å². The Bertz CT molecular complexity index is 355. The zero-order valence-corrected chi connectivity index (χ0v) is 13.1. The van der Waals surface area contributed by atoms with E-state index in [2.05, 4.69) is 50.1 Å². The number of hydrogen-bond acceptors (Lipinski definition) is 4. The topological polar surface area (TPSA) is 51.0 Å². The Hall–Kier alpha value is -0.900. The van der Waals surface area contributed by atoms with Crippen LogP contribution in [0.4, 0.5) is 0 Å². The summed E-state index contributed by atoms with van der Waals surface area (Å²) >= 11 is 0. The van der Waals surface area contributed by atoms with Crippen LogP contribution in [0, 0.1) is 5.41 Å².